The van der Waals surface area contributed by atoms with Crippen LogP contribution in [0.5, 0.6) is 5.75 Å². The highest BCUT2D eigenvalue weighted by atomic mass is 32.2. The number of methoxy groups -OCH3 is 1. The summed E-state index contributed by atoms with van der Waals surface area (Å²) in [5.74, 6) is -0.991. The zero-order valence-corrected chi connectivity index (χ0v) is 12.1. The van der Waals surface area contributed by atoms with E-state index in [0.29, 0.717) is 11.3 Å². The third-order valence-electron chi connectivity index (χ3n) is 2.85. The summed E-state index contributed by atoms with van der Waals surface area (Å²) >= 11 is 0. The van der Waals surface area contributed by atoms with Crippen molar-refractivity contribution in [2.75, 3.05) is 7.11 Å². The number of rotatable bonds is 6. The van der Waals surface area contributed by atoms with Crippen LogP contribution in [0, 0.1) is 10.1 Å². The second-order valence-corrected chi connectivity index (χ2v) is 6.56. The summed E-state index contributed by atoms with van der Waals surface area (Å²) in [7, 11) is -0.362. The van der Waals surface area contributed by atoms with Crippen LogP contribution in [0.25, 0.3) is 0 Å². The number of nitrogens with zero attached hydrogens (tertiary/aromatic N) is 1. The predicted molar refractivity (Wildman–Crippen MR) is 73.2 cm³/mol. The lowest BCUT2D eigenvalue weighted by Gasteiger charge is -2.19. The molecule has 0 saturated carbocycles. The maximum Gasteiger partial charge on any atom is 0.321 e. The molecule has 20 heavy (non-hydrogen) atoms. The van der Waals surface area contributed by atoms with Crippen LogP contribution in [0.2, 0.25) is 0 Å². The Hall–Kier alpha value is -1.96. The van der Waals surface area contributed by atoms with E-state index in [1.54, 1.807) is 0 Å². The third-order valence-corrected chi connectivity index (χ3v) is 4.73. The zero-order valence-electron chi connectivity index (χ0n) is 11.3. The molecule has 1 unspecified atom stereocenters. The van der Waals surface area contributed by atoms with Crippen molar-refractivity contribution >= 4 is 22.5 Å². The van der Waals surface area contributed by atoms with Gasteiger partial charge in [-0.3, -0.25) is 19.1 Å². The molecular weight excluding hydrogens is 286 g/mol. The summed E-state index contributed by atoms with van der Waals surface area (Å²) in [4.78, 5) is 21.2. The Balaban J connectivity index is 3.13. The number of hydrogen-bond donors (Lipinski definition) is 1. The summed E-state index contributed by atoms with van der Waals surface area (Å²) in [5, 5.41) is 19.8. The fraction of sp³-hybridized carbons (Fsp3) is 0.417. The van der Waals surface area contributed by atoms with Gasteiger partial charge in [0, 0.05) is 28.5 Å². The first-order valence-corrected chi connectivity index (χ1v) is 6.95. The standard InChI is InChI=1S/C12H15NO6S/c1-12(2,11(14)15)20(18)7-8-6-9(13(16)17)4-5-10(8)19-3/h4-6H,7H2,1-3H3,(H,14,15). The van der Waals surface area contributed by atoms with Gasteiger partial charge in [0.05, 0.1) is 17.8 Å². The zero-order chi connectivity index (χ0) is 15.5. The molecule has 1 aromatic rings. The Morgan fingerprint density at radius 1 is 1.50 bits per heavy atom. The van der Waals surface area contributed by atoms with E-state index in [-0.39, 0.29) is 11.4 Å². The van der Waals surface area contributed by atoms with Gasteiger partial charge in [0.25, 0.3) is 5.69 Å². The number of carboxylic acid groups (broad SMARTS) is 1. The molecule has 1 atom stereocenters. The molecule has 0 spiro atoms. The van der Waals surface area contributed by atoms with Crippen LogP contribution in [0.1, 0.15) is 19.4 Å². The molecule has 0 aliphatic carbocycles. The molecule has 0 aliphatic heterocycles. The number of nitro benzene ring substituents is 1. The Kier molecular flexibility index (Phi) is 4.83. The second-order valence-electron chi connectivity index (χ2n) is 4.56. The van der Waals surface area contributed by atoms with Crippen LogP contribution in [0.4, 0.5) is 5.69 Å². The van der Waals surface area contributed by atoms with Crippen molar-refractivity contribution in [3.8, 4) is 5.75 Å². The molecular formula is C12H15NO6S. The molecule has 0 fully saturated rings. The van der Waals surface area contributed by atoms with Crippen molar-refractivity contribution in [3.05, 3.63) is 33.9 Å². The first-order valence-electron chi connectivity index (χ1n) is 5.63. The molecule has 1 rings (SSSR count). The average Bonchev–Trinajstić information content (AvgIpc) is 2.38. The maximum absolute atomic E-state index is 12.1. The maximum atomic E-state index is 12.1. The van der Waals surface area contributed by atoms with Crippen LogP contribution >= 0.6 is 0 Å². The summed E-state index contributed by atoms with van der Waals surface area (Å²) in [6.45, 7) is 2.69. The highest BCUT2D eigenvalue weighted by molar-refractivity contribution is 7.86. The number of non-ortho nitro benzene ring substituents is 1. The van der Waals surface area contributed by atoms with Gasteiger partial charge in [0.2, 0.25) is 0 Å². The van der Waals surface area contributed by atoms with Crippen LogP contribution in [0.3, 0.4) is 0 Å². The molecule has 0 heterocycles. The number of nitro groups is 1. The van der Waals surface area contributed by atoms with Gasteiger partial charge in [-0.15, -0.1) is 0 Å². The Labute approximate surface area is 118 Å². The van der Waals surface area contributed by atoms with Crippen molar-refractivity contribution < 1.29 is 23.8 Å². The predicted octanol–water partition coefficient (Wildman–Crippen LogP) is 1.72. The number of carbonyl (C=O) groups is 1. The van der Waals surface area contributed by atoms with Crippen molar-refractivity contribution in [2.45, 2.75) is 24.3 Å². The minimum atomic E-state index is -1.75. The quantitative estimate of drug-likeness (QED) is 0.633. The van der Waals surface area contributed by atoms with Crippen LogP contribution in [-0.4, -0.2) is 32.1 Å². The Morgan fingerprint density at radius 2 is 2.10 bits per heavy atom. The number of carboxylic acids is 1. The molecule has 1 aromatic carbocycles. The molecule has 0 saturated heterocycles. The third kappa shape index (κ3) is 3.32. The SMILES string of the molecule is COc1ccc([N+](=O)[O-])cc1CS(=O)C(C)(C)C(=O)O. The summed E-state index contributed by atoms with van der Waals surface area (Å²) in [6, 6.07) is 3.92. The summed E-state index contributed by atoms with van der Waals surface area (Å²) in [5.41, 5.74) is 0.181. The Morgan fingerprint density at radius 3 is 2.55 bits per heavy atom. The molecule has 0 radical (unpaired) electrons. The first kappa shape index (κ1) is 16.1. The van der Waals surface area contributed by atoms with E-state index >= 15 is 0 Å². The molecule has 8 heteroatoms. The average molecular weight is 301 g/mol. The van der Waals surface area contributed by atoms with Gasteiger partial charge in [0.1, 0.15) is 10.5 Å². The molecule has 0 aromatic heterocycles. The van der Waals surface area contributed by atoms with Gasteiger partial charge in [-0.2, -0.15) is 0 Å². The van der Waals surface area contributed by atoms with Crippen LogP contribution < -0.4 is 4.74 Å². The molecule has 0 bridgehead atoms. The monoisotopic (exact) mass is 301 g/mol. The van der Waals surface area contributed by atoms with Crippen LogP contribution in [0.15, 0.2) is 18.2 Å². The fourth-order valence-electron chi connectivity index (χ4n) is 1.41. The minimum absolute atomic E-state index is 0.135. The van der Waals surface area contributed by atoms with E-state index < -0.39 is 26.4 Å². The lowest BCUT2D eigenvalue weighted by Crippen LogP contribution is -2.37. The lowest BCUT2D eigenvalue weighted by molar-refractivity contribution is -0.384. The number of hydrogen-bond acceptors (Lipinski definition) is 5. The van der Waals surface area contributed by atoms with Crippen molar-refractivity contribution in [1.29, 1.82) is 0 Å². The molecule has 7 nitrogen and oxygen atoms in total. The van der Waals surface area contributed by atoms with Gasteiger partial charge in [-0.1, -0.05) is 0 Å². The smallest absolute Gasteiger partial charge is 0.321 e. The highest BCUT2D eigenvalue weighted by Gasteiger charge is 2.35. The van der Waals surface area contributed by atoms with Crippen molar-refractivity contribution in [1.82, 2.24) is 0 Å². The highest BCUT2D eigenvalue weighted by Crippen LogP contribution is 2.27. The van der Waals surface area contributed by atoms with Gasteiger partial charge >= 0.3 is 5.97 Å². The molecule has 110 valence electrons. The van der Waals surface area contributed by atoms with E-state index in [1.165, 1.54) is 39.2 Å². The topological polar surface area (TPSA) is 107 Å². The van der Waals surface area contributed by atoms with E-state index in [0.717, 1.165) is 0 Å². The minimum Gasteiger partial charge on any atom is -0.496 e. The number of aliphatic carboxylic acids is 1. The second kappa shape index (κ2) is 6.00. The largest absolute Gasteiger partial charge is 0.496 e. The molecule has 1 N–H and O–H groups in total. The van der Waals surface area contributed by atoms with E-state index in [9.17, 15) is 19.1 Å². The van der Waals surface area contributed by atoms with E-state index in [4.69, 9.17) is 9.84 Å². The molecule has 0 aliphatic rings. The van der Waals surface area contributed by atoms with Gasteiger partial charge in [0.15, 0.2) is 0 Å². The number of benzene rings is 1. The first-order chi connectivity index (χ1) is 9.20. The Bertz CT molecular complexity index is 569. The fourth-order valence-corrected chi connectivity index (χ4v) is 2.47. The van der Waals surface area contributed by atoms with Crippen molar-refractivity contribution in [3.63, 3.8) is 0 Å². The number of ether oxygens (including phenoxy) is 1. The van der Waals surface area contributed by atoms with Crippen LogP contribution in [-0.2, 0) is 21.3 Å². The normalized spacial score (nSPS) is 12.8. The summed E-state index contributed by atoms with van der Waals surface area (Å²) in [6.07, 6.45) is 0. The van der Waals surface area contributed by atoms with E-state index in [2.05, 4.69) is 0 Å². The van der Waals surface area contributed by atoms with E-state index in [1.807, 2.05) is 0 Å². The lowest BCUT2D eigenvalue weighted by atomic mass is 10.2. The van der Waals surface area contributed by atoms with Gasteiger partial charge in [-0.05, 0) is 19.9 Å². The summed E-state index contributed by atoms with van der Waals surface area (Å²) < 4.78 is 15.7. The van der Waals surface area contributed by atoms with Crippen molar-refractivity contribution in [2.24, 2.45) is 0 Å². The van der Waals surface area contributed by atoms with Gasteiger partial charge in [-0.25, -0.2) is 0 Å². The molecule has 0 amide bonds. The van der Waals surface area contributed by atoms with Gasteiger partial charge < -0.3 is 9.84 Å².